The molecule has 112 valence electrons. The number of amides is 2. The Morgan fingerprint density at radius 1 is 1.35 bits per heavy atom. The Hall–Kier alpha value is -1.78. The minimum Gasteiger partial charge on any atom is -0.479 e. The minimum absolute atomic E-state index is 0.238. The highest BCUT2D eigenvalue weighted by Crippen LogP contribution is 2.34. The van der Waals surface area contributed by atoms with E-state index in [-0.39, 0.29) is 6.03 Å². The fourth-order valence-corrected chi connectivity index (χ4v) is 2.87. The van der Waals surface area contributed by atoms with Crippen LogP contribution in [0.3, 0.4) is 0 Å². The summed E-state index contributed by atoms with van der Waals surface area (Å²) in [7, 11) is 0. The molecular formula is C15H24N2O3. The molecule has 0 aliphatic carbocycles. The van der Waals surface area contributed by atoms with Gasteiger partial charge in [0.05, 0.1) is 0 Å². The maximum atomic E-state index is 12.6. The summed E-state index contributed by atoms with van der Waals surface area (Å²) in [6, 6.07) is -0.238. The molecule has 2 amide bonds. The van der Waals surface area contributed by atoms with E-state index in [4.69, 9.17) is 0 Å². The van der Waals surface area contributed by atoms with Gasteiger partial charge in [0.25, 0.3) is 0 Å². The van der Waals surface area contributed by atoms with Crippen LogP contribution in [0.25, 0.3) is 0 Å². The molecule has 0 spiro atoms. The van der Waals surface area contributed by atoms with Gasteiger partial charge in [0.1, 0.15) is 5.54 Å². The molecule has 1 aliphatic rings. The standard InChI is InChI=1S/C15H24N2O3/c1-4-8-15(13(18)19)9-7-12-17(15)14(20)16(10-5-2)11-6-3/h5-6H,2-4,7-12H2,1H3,(H,18,19). The molecule has 1 heterocycles. The van der Waals surface area contributed by atoms with Crippen molar-refractivity contribution in [3.05, 3.63) is 25.3 Å². The van der Waals surface area contributed by atoms with Crippen LogP contribution in [0.1, 0.15) is 32.6 Å². The summed E-state index contributed by atoms with van der Waals surface area (Å²) in [6.07, 6.45) is 5.76. The van der Waals surface area contributed by atoms with E-state index in [1.54, 1.807) is 17.1 Å². The van der Waals surface area contributed by atoms with Crippen molar-refractivity contribution in [3.63, 3.8) is 0 Å². The van der Waals surface area contributed by atoms with Crippen molar-refractivity contribution >= 4 is 12.0 Å². The van der Waals surface area contributed by atoms with Crippen molar-refractivity contribution in [2.75, 3.05) is 19.6 Å². The van der Waals surface area contributed by atoms with Gasteiger partial charge in [-0.25, -0.2) is 9.59 Å². The highest BCUT2D eigenvalue weighted by Gasteiger charge is 2.49. The molecule has 1 unspecified atom stereocenters. The normalized spacial score (nSPS) is 21.6. The topological polar surface area (TPSA) is 60.9 Å². The number of carboxylic acid groups (broad SMARTS) is 1. The average Bonchev–Trinajstić information content (AvgIpc) is 2.83. The van der Waals surface area contributed by atoms with E-state index in [1.165, 1.54) is 4.90 Å². The van der Waals surface area contributed by atoms with Crippen LogP contribution in [0.4, 0.5) is 4.79 Å². The number of aliphatic carboxylic acids is 1. The van der Waals surface area contributed by atoms with Gasteiger partial charge in [0.2, 0.25) is 0 Å². The van der Waals surface area contributed by atoms with Gasteiger partial charge in [0.15, 0.2) is 0 Å². The average molecular weight is 280 g/mol. The number of likely N-dealkylation sites (tertiary alicyclic amines) is 1. The highest BCUT2D eigenvalue weighted by molar-refractivity contribution is 5.87. The van der Waals surface area contributed by atoms with E-state index < -0.39 is 11.5 Å². The quantitative estimate of drug-likeness (QED) is 0.729. The van der Waals surface area contributed by atoms with Crippen LogP contribution >= 0.6 is 0 Å². The molecule has 5 heteroatoms. The summed E-state index contributed by atoms with van der Waals surface area (Å²) in [6.45, 7) is 10.5. The van der Waals surface area contributed by atoms with Crippen LogP contribution in [-0.2, 0) is 4.79 Å². The fraction of sp³-hybridized carbons (Fsp3) is 0.600. The Morgan fingerprint density at radius 2 is 1.95 bits per heavy atom. The van der Waals surface area contributed by atoms with E-state index in [9.17, 15) is 14.7 Å². The molecule has 0 radical (unpaired) electrons. The smallest absolute Gasteiger partial charge is 0.329 e. The van der Waals surface area contributed by atoms with Crippen molar-refractivity contribution in [2.45, 2.75) is 38.1 Å². The van der Waals surface area contributed by atoms with Crippen LogP contribution in [0.15, 0.2) is 25.3 Å². The Morgan fingerprint density at radius 3 is 2.40 bits per heavy atom. The van der Waals surface area contributed by atoms with Crippen molar-refractivity contribution < 1.29 is 14.7 Å². The Labute approximate surface area is 120 Å². The van der Waals surface area contributed by atoms with Crippen LogP contribution < -0.4 is 0 Å². The first-order chi connectivity index (χ1) is 9.53. The number of hydrogen-bond donors (Lipinski definition) is 1. The highest BCUT2D eigenvalue weighted by atomic mass is 16.4. The van der Waals surface area contributed by atoms with Gasteiger partial charge in [-0.1, -0.05) is 25.5 Å². The zero-order chi connectivity index (χ0) is 15.2. The summed E-state index contributed by atoms with van der Waals surface area (Å²) in [5.74, 6) is -0.901. The van der Waals surface area contributed by atoms with Crippen LogP contribution in [0.2, 0.25) is 0 Å². The van der Waals surface area contributed by atoms with E-state index in [0.29, 0.717) is 32.5 Å². The van der Waals surface area contributed by atoms with E-state index in [2.05, 4.69) is 13.2 Å². The summed E-state index contributed by atoms with van der Waals surface area (Å²) < 4.78 is 0. The van der Waals surface area contributed by atoms with E-state index in [0.717, 1.165) is 12.8 Å². The van der Waals surface area contributed by atoms with Gasteiger partial charge in [-0.3, -0.25) is 0 Å². The van der Waals surface area contributed by atoms with E-state index >= 15 is 0 Å². The number of nitrogens with zero attached hydrogens (tertiary/aromatic N) is 2. The number of carboxylic acids is 1. The number of carbonyl (C=O) groups is 2. The van der Waals surface area contributed by atoms with Gasteiger partial charge in [-0.2, -0.15) is 0 Å². The Bertz CT molecular complexity index is 385. The molecule has 0 bridgehead atoms. The van der Waals surface area contributed by atoms with Crippen molar-refractivity contribution in [3.8, 4) is 0 Å². The molecule has 1 aliphatic heterocycles. The second kappa shape index (κ2) is 7.12. The second-order valence-corrected chi connectivity index (χ2v) is 5.11. The van der Waals surface area contributed by atoms with Gasteiger partial charge in [-0.05, 0) is 19.3 Å². The summed E-state index contributed by atoms with van der Waals surface area (Å²) in [5, 5.41) is 9.60. The number of urea groups is 1. The SMILES string of the molecule is C=CCN(CC=C)C(=O)N1CCCC1(CCC)C(=O)O. The van der Waals surface area contributed by atoms with Crippen LogP contribution in [-0.4, -0.2) is 52.1 Å². The lowest BCUT2D eigenvalue weighted by Gasteiger charge is -2.37. The maximum absolute atomic E-state index is 12.6. The monoisotopic (exact) mass is 280 g/mol. The minimum atomic E-state index is -1.05. The molecule has 0 saturated carbocycles. The molecular weight excluding hydrogens is 256 g/mol. The molecule has 5 nitrogen and oxygen atoms in total. The molecule has 20 heavy (non-hydrogen) atoms. The maximum Gasteiger partial charge on any atom is 0.329 e. The predicted octanol–water partition coefficient (Wildman–Crippen LogP) is 2.50. The lowest BCUT2D eigenvalue weighted by molar-refractivity contribution is -0.148. The third kappa shape index (κ3) is 3.03. The molecule has 1 atom stereocenters. The van der Waals surface area contributed by atoms with Crippen LogP contribution in [0, 0.1) is 0 Å². The second-order valence-electron chi connectivity index (χ2n) is 5.11. The lowest BCUT2D eigenvalue weighted by atomic mass is 9.91. The molecule has 1 fully saturated rings. The van der Waals surface area contributed by atoms with Gasteiger partial charge in [-0.15, -0.1) is 13.2 Å². The van der Waals surface area contributed by atoms with E-state index in [1.807, 2.05) is 6.92 Å². The van der Waals surface area contributed by atoms with Crippen LogP contribution in [0.5, 0.6) is 0 Å². The molecule has 0 aromatic carbocycles. The first-order valence-corrected chi connectivity index (χ1v) is 7.05. The van der Waals surface area contributed by atoms with Crippen molar-refractivity contribution in [1.82, 2.24) is 9.80 Å². The van der Waals surface area contributed by atoms with Crippen molar-refractivity contribution in [1.29, 1.82) is 0 Å². The largest absolute Gasteiger partial charge is 0.479 e. The Kier molecular flexibility index (Phi) is 5.80. The molecule has 0 aromatic heterocycles. The first-order valence-electron chi connectivity index (χ1n) is 7.05. The third-order valence-electron chi connectivity index (χ3n) is 3.75. The van der Waals surface area contributed by atoms with Crippen molar-refractivity contribution in [2.24, 2.45) is 0 Å². The summed E-state index contributed by atoms with van der Waals surface area (Å²) in [4.78, 5) is 27.4. The number of hydrogen-bond acceptors (Lipinski definition) is 2. The Balaban J connectivity index is 3.01. The van der Waals surface area contributed by atoms with Gasteiger partial charge >= 0.3 is 12.0 Å². The summed E-state index contributed by atoms with van der Waals surface area (Å²) in [5.41, 5.74) is -1.05. The zero-order valence-corrected chi connectivity index (χ0v) is 12.2. The van der Waals surface area contributed by atoms with Gasteiger partial charge in [0, 0.05) is 19.6 Å². The fourth-order valence-electron chi connectivity index (χ4n) is 2.87. The third-order valence-corrected chi connectivity index (χ3v) is 3.75. The predicted molar refractivity (Wildman–Crippen MR) is 78.6 cm³/mol. The molecule has 0 aromatic rings. The molecule has 1 N–H and O–H groups in total. The van der Waals surface area contributed by atoms with Gasteiger partial charge < -0.3 is 14.9 Å². The first kappa shape index (κ1) is 16.3. The zero-order valence-electron chi connectivity index (χ0n) is 12.2. The lowest BCUT2D eigenvalue weighted by Crippen LogP contribution is -2.56. The summed E-state index contributed by atoms with van der Waals surface area (Å²) >= 11 is 0. The number of rotatable bonds is 7. The molecule has 1 saturated heterocycles. The number of carbonyl (C=O) groups excluding carboxylic acids is 1. The molecule has 1 rings (SSSR count).